The van der Waals surface area contributed by atoms with Crippen LogP contribution in [0.4, 0.5) is 0 Å². The Kier molecular flexibility index (Phi) is 7.13. The lowest BCUT2D eigenvalue weighted by Gasteiger charge is -2.36. The van der Waals surface area contributed by atoms with Crippen LogP contribution in [0.2, 0.25) is 0 Å². The van der Waals surface area contributed by atoms with Crippen LogP contribution in [-0.2, 0) is 0 Å². The zero-order chi connectivity index (χ0) is 9.26. The SMILES string of the molecule is CN1CCN(C2CCC(N)C2)CC1.Cl.Cl. The van der Waals surface area contributed by atoms with Crippen LogP contribution < -0.4 is 5.73 Å². The summed E-state index contributed by atoms with van der Waals surface area (Å²) in [7, 11) is 2.21. The Morgan fingerprint density at radius 2 is 1.60 bits per heavy atom. The van der Waals surface area contributed by atoms with Gasteiger partial charge in [-0.15, -0.1) is 24.8 Å². The van der Waals surface area contributed by atoms with Gasteiger partial charge in [0.2, 0.25) is 0 Å². The van der Waals surface area contributed by atoms with Crippen LogP contribution in [0.3, 0.4) is 0 Å². The highest BCUT2D eigenvalue weighted by molar-refractivity contribution is 5.85. The maximum atomic E-state index is 5.92. The fraction of sp³-hybridized carbons (Fsp3) is 1.00. The Balaban J connectivity index is 0.000000980. The number of rotatable bonds is 1. The molecule has 3 nitrogen and oxygen atoms in total. The molecule has 2 unspecified atom stereocenters. The van der Waals surface area contributed by atoms with Crippen molar-refractivity contribution < 1.29 is 0 Å². The Morgan fingerprint density at radius 3 is 2.07 bits per heavy atom. The Hall–Kier alpha value is 0.460. The highest BCUT2D eigenvalue weighted by atomic mass is 35.5. The number of hydrogen-bond donors (Lipinski definition) is 1. The van der Waals surface area contributed by atoms with Crippen LogP contribution in [0.25, 0.3) is 0 Å². The molecule has 0 amide bonds. The zero-order valence-corrected chi connectivity index (χ0v) is 11.0. The average molecular weight is 256 g/mol. The molecule has 0 aromatic rings. The molecule has 2 fully saturated rings. The highest BCUT2D eigenvalue weighted by Gasteiger charge is 2.28. The van der Waals surface area contributed by atoms with E-state index in [2.05, 4.69) is 16.8 Å². The van der Waals surface area contributed by atoms with E-state index >= 15 is 0 Å². The van der Waals surface area contributed by atoms with E-state index in [9.17, 15) is 0 Å². The molecule has 1 saturated carbocycles. The first-order chi connectivity index (χ1) is 6.25. The molecule has 1 aliphatic carbocycles. The van der Waals surface area contributed by atoms with E-state index in [0.29, 0.717) is 6.04 Å². The largest absolute Gasteiger partial charge is 0.328 e. The molecule has 2 N–H and O–H groups in total. The van der Waals surface area contributed by atoms with Crippen LogP contribution >= 0.6 is 24.8 Å². The number of piperazine rings is 1. The van der Waals surface area contributed by atoms with Gasteiger partial charge in [-0.1, -0.05) is 0 Å². The van der Waals surface area contributed by atoms with Gasteiger partial charge in [0.25, 0.3) is 0 Å². The molecule has 1 aliphatic heterocycles. The van der Waals surface area contributed by atoms with Crippen molar-refractivity contribution in [2.45, 2.75) is 31.3 Å². The molecule has 92 valence electrons. The summed E-state index contributed by atoms with van der Waals surface area (Å²) in [5.41, 5.74) is 5.92. The third-order valence-corrected chi connectivity index (χ3v) is 3.50. The predicted molar refractivity (Wildman–Crippen MR) is 69.2 cm³/mol. The second-order valence-electron chi connectivity index (χ2n) is 4.57. The molecule has 5 heteroatoms. The highest BCUT2D eigenvalue weighted by Crippen LogP contribution is 2.23. The lowest BCUT2D eigenvalue weighted by atomic mass is 10.2. The van der Waals surface area contributed by atoms with E-state index in [1.165, 1.54) is 45.4 Å². The molecule has 0 spiro atoms. The van der Waals surface area contributed by atoms with Crippen LogP contribution in [0, 0.1) is 0 Å². The fourth-order valence-corrected chi connectivity index (χ4v) is 2.51. The average Bonchev–Trinajstić information content (AvgIpc) is 2.53. The monoisotopic (exact) mass is 255 g/mol. The molecule has 2 rings (SSSR count). The van der Waals surface area contributed by atoms with Gasteiger partial charge in [-0.25, -0.2) is 0 Å². The minimum absolute atomic E-state index is 0. The van der Waals surface area contributed by atoms with Gasteiger partial charge in [0.05, 0.1) is 0 Å². The molecule has 1 heterocycles. The van der Waals surface area contributed by atoms with Gasteiger partial charge in [-0.05, 0) is 26.3 Å². The lowest BCUT2D eigenvalue weighted by molar-refractivity contribution is 0.113. The normalized spacial score (nSPS) is 33.2. The summed E-state index contributed by atoms with van der Waals surface area (Å²) >= 11 is 0. The van der Waals surface area contributed by atoms with Crippen LogP contribution in [0.1, 0.15) is 19.3 Å². The molecule has 2 atom stereocenters. The molecule has 1 saturated heterocycles. The summed E-state index contributed by atoms with van der Waals surface area (Å²) in [5, 5.41) is 0. The summed E-state index contributed by atoms with van der Waals surface area (Å²) in [5.74, 6) is 0. The van der Waals surface area contributed by atoms with E-state index < -0.39 is 0 Å². The van der Waals surface area contributed by atoms with E-state index in [1.807, 2.05) is 0 Å². The molecule has 0 bridgehead atoms. The fourth-order valence-electron chi connectivity index (χ4n) is 2.51. The number of nitrogens with two attached hydrogens (primary N) is 1. The Bertz CT molecular complexity index is 172. The van der Waals surface area contributed by atoms with Crippen molar-refractivity contribution in [3.63, 3.8) is 0 Å². The first-order valence-electron chi connectivity index (χ1n) is 5.44. The maximum Gasteiger partial charge on any atom is 0.0113 e. The van der Waals surface area contributed by atoms with E-state index in [0.717, 1.165) is 6.04 Å². The van der Waals surface area contributed by atoms with Crippen LogP contribution in [0.5, 0.6) is 0 Å². The molecule has 15 heavy (non-hydrogen) atoms. The van der Waals surface area contributed by atoms with Crippen molar-refractivity contribution in [1.82, 2.24) is 9.80 Å². The summed E-state index contributed by atoms with van der Waals surface area (Å²) < 4.78 is 0. The maximum absolute atomic E-state index is 5.92. The number of halogens is 2. The van der Waals surface area contributed by atoms with E-state index in [1.54, 1.807) is 0 Å². The van der Waals surface area contributed by atoms with Gasteiger partial charge in [-0.3, -0.25) is 4.90 Å². The third-order valence-electron chi connectivity index (χ3n) is 3.50. The molecular formula is C10H23Cl2N3. The smallest absolute Gasteiger partial charge is 0.0113 e. The van der Waals surface area contributed by atoms with Crippen LogP contribution in [-0.4, -0.2) is 55.1 Å². The van der Waals surface area contributed by atoms with Crippen molar-refractivity contribution in [3.8, 4) is 0 Å². The third kappa shape index (κ3) is 4.08. The van der Waals surface area contributed by atoms with Gasteiger partial charge in [0.1, 0.15) is 0 Å². The second kappa shape index (κ2) is 6.92. The van der Waals surface area contributed by atoms with Crippen molar-refractivity contribution in [3.05, 3.63) is 0 Å². The van der Waals surface area contributed by atoms with Gasteiger partial charge in [0, 0.05) is 38.3 Å². The van der Waals surface area contributed by atoms with Gasteiger partial charge < -0.3 is 10.6 Å². The van der Waals surface area contributed by atoms with E-state index in [4.69, 9.17) is 5.73 Å². The molecule has 0 aromatic heterocycles. The number of likely N-dealkylation sites (N-methyl/N-ethyl adjacent to an activating group) is 1. The van der Waals surface area contributed by atoms with Crippen molar-refractivity contribution in [1.29, 1.82) is 0 Å². The predicted octanol–water partition coefficient (Wildman–Crippen LogP) is 0.957. The number of hydrogen-bond acceptors (Lipinski definition) is 3. The Labute approximate surface area is 105 Å². The van der Waals surface area contributed by atoms with Crippen molar-refractivity contribution in [2.24, 2.45) is 5.73 Å². The summed E-state index contributed by atoms with van der Waals surface area (Å²) in [4.78, 5) is 5.04. The van der Waals surface area contributed by atoms with Crippen LogP contribution in [0.15, 0.2) is 0 Å². The number of nitrogens with zero attached hydrogens (tertiary/aromatic N) is 2. The lowest BCUT2D eigenvalue weighted by Crippen LogP contribution is -2.48. The topological polar surface area (TPSA) is 32.5 Å². The molecular weight excluding hydrogens is 233 g/mol. The summed E-state index contributed by atoms with van der Waals surface area (Å²) in [6.45, 7) is 4.94. The second-order valence-corrected chi connectivity index (χ2v) is 4.57. The summed E-state index contributed by atoms with van der Waals surface area (Å²) in [6.07, 6.45) is 3.78. The first kappa shape index (κ1) is 15.5. The van der Waals surface area contributed by atoms with Crippen molar-refractivity contribution in [2.75, 3.05) is 33.2 Å². The molecule has 2 aliphatic rings. The Morgan fingerprint density at radius 1 is 1.00 bits per heavy atom. The standard InChI is InChI=1S/C10H21N3.2ClH/c1-12-4-6-13(7-5-12)10-3-2-9(11)8-10;;/h9-10H,2-8,11H2,1H3;2*1H. The van der Waals surface area contributed by atoms with Gasteiger partial charge in [0.15, 0.2) is 0 Å². The minimum atomic E-state index is 0. The molecule has 0 radical (unpaired) electrons. The minimum Gasteiger partial charge on any atom is -0.328 e. The van der Waals surface area contributed by atoms with Gasteiger partial charge in [-0.2, -0.15) is 0 Å². The zero-order valence-electron chi connectivity index (χ0n) is 9.39. The quantitative estimate of drug-likeness (QED) is 0.758. The van der Waals surface area contributed by atoms with E-state index in [-0.39, 0.29) is 24.8 Å². The summed E-state index contributed by atoms with van der Waals surface area (Å²) in [6, 6.07) is 1.27. The first-order valence-corrected chi connectivity index (χ1v) is 5.44. The van der Waals surface area contributed by atoms with Gasteiger partial charge >= 0.3 is 0 Å². The van der Waals surface area contributed by atoms with Crippen molar-refractivity contribution >= 4 is 24.8 Å². The molecule has 0 aromatic carbocycles.